The number of pyridine rings is 1. The molecule has 2 aromatic heterocycles. The van der Waals surface area contributed by atoms with E-state index in [4.69, 9.17) is 10.2 Å². The third kappa shape index (κ3) is 1.97. The number of carbonyl (C=O) groups is 3. The lowest BCUT2D eigenvalue weighted by molar-refractivity contribution is -0.346. The average Bonchev–Trinajstić information content (AvgIpc) is 2.96. The number of carboxylic acid groups (broad SMARTS) is 3. The van der Waals surface area contributed by atoms with E-state index in [-0.39, 0.29) is 27.5 Å². The number of phenols is 2. The number of phenolic OH excluding ortho intramolecular Hbond substituents is 2. The minimum Gasteiger partial charge on any atom is -0.504 e. The first-order valence-corrected chi connectivity index (χ1v) is 6.39. The molecule has 0 unspecified atom stereocenters. The molecule has 0 saturated carbocycles. The quantitative estimate of drug-likeness (QED) is 0.377. The van der Waals surface area contributed by atoms with E-state index < -0.39 is 40.7 Å². The summed E-state index contributed by atoms with van der Waals surface area (Å²) < 4.78 is 0. The first kappa shape index (κ1) is 15.1. The second-order valence-corrected chi connectivity index (χ2v) is 4.93. The van der Waals surface area contributed by atoms with Crippen LogP contribution in [0.4, 0.5) is 0 Å². The van der Waals surface area contributed by atoms with E-state index in [1.165, 1.54) is 0 Å². The lowest BCUT2D eigenvalue weighted by atomic mass is 10.0. The number of hydrogen-bond acceptors (Lipinski definition) is 5. The number of hydrogen-bond donors (Lipinski definition) is 6. The van der Waals surface area contributed by atoms with Crippen LogP contribution in [0.2, 0.25) is 0 Å². The Morgan fingerprint density at radius 2 is 1.58 bits per heavy atom. The maximum absolute atomic E-state index is 11.5. The molecule has 0 atom stereocenters. The SMILES string of the molecule is O=C(O)c1cc(C(=O)O)c2c([nH]1)c(O)c(O)c1cc(C(=O)O)[nH+]c12. The lowest BCUT2D eigenvalue weighted by Gasteiger charge is -2.08. The number of fused-ring (bicyclic) bond motifs is 3. The topological polar surface area (TPSA) is 182 Å². The zero-order chi connectivity index (χ0) is 17.8. The van der Waals surface area contributed by atoms with E-state index in [9.17, 15) is 29.7 Å². The van der Waals surface area contributed by atoms with Crippen molar-refractivity contribution in [2.45, 2.75) is 0 Å². The van der Waals surface area contributed by atoms with E-state index in [2.05, 4.69) is 9.97 Å². The Kier molecular flexibility index (Phi) is 3.04. The summed E-state index contributed by atoms with van der Waals surface area (Å²) in [7, 11) is 0. The lowest BCUT2D eigenvalue weighted by Crippen LogP contribution is -2.13. The molecule has 10 nitrogen and oxygen atoms in total. The van der Waals surface area contributed by atoms with Gasteiger partial charge in [0.2, 0.25) is 5.52 Å². The molecule has 0 fully saturated rings. The number of aromatic hydroxyl groups is 2. The second kappa shape index (κ2) is 4.84. The molecule has 0 spiro atoms. The van der Waals surface area contributed by atoms with Gasteiger partial charge in [0.15, 0.2) is 11.5 Å². The van der Waals surface area contributed by atoms with Gasteiger partial charge in [0.25, 0.3) is 5.69 Å². The maximum atomic E-state index is 11.5. The van der Waals surface area contributed by atoms with Crippen LogP contribution >= 0.6 is 0 Å². The third-order valence-corrected chi connectivity index (χ3v) is 3.54. The predicted octanol–water partition coefficient (Wildman–Crippen LogP) is 0.641. The van der Waals surface area contributed by atoms with Gasteiger partial charge in [-0.15, -0.1) is 0 Å². The van der Waals surface area contributed by atoms with Crippen molar-refractivity contribution in [3.8, 4) is 11.5 Å². The number of aromatic nitrogens is 2. The largest absolute Gasteiger partial charge is 0.504 e. The van der Waals surface area contributed by atoms with Crippen LogP contribution in [0.5, 0.6) is 11.5 Å². The van der Waals surface area contributed by atoms with Crippen LogP contribution in [0.25, 0.3) is 21.8 Å². The van der Waals surface area contributed by atoms with Crippen LogP contribution < -0.4 is 4.98 Å². The van der Waals surface area contributed by atoms with Crippen molar-refractivity contribution < 1.29 is 44.9 Å². The molecule has 0 amide bonds. The molecular weight excluding hydrogens is 324 g/mol. The number of nitrogens with one attached hydrogen (secondary N) is 2. The minimum atomic E-state index is -1.49. The van der Waals surface area contributed by atoms with E-state index in [0.717, 1.165) is 12.1 Å². The zero-order valence-corrected chi connectivity index (χ0v) is 11.6. The summed E-state index contributed by atoms with van der Waals surface area (Å²) in [6.45, 7) is 0. The van der Waals surface area contributed by atoms with Gasteiger partial charge in [0, 0.05) is 6.07 Å². The molecule has 0 aliphatic carbocycles. The van der Waals surface area contributed by atoms with E-state index in [0.29, 0.717) is 0 Å². The molecule has 0 aliphatic heterocycles. The molecule has 0 bridgehead atoms. The summed E-state index contributed by atoms with van der Waals surface area (Å²) in [6.07, 6.45) is 0. The Bertz CT molecular complexity index is 1070. The van der Waals surface area contributed by atoms with Gasteiger partial charge in [-0.05, 0) is 6.07 Å². The van der Waals surface area contributed by atoms with Gasteiger partial charge in [0.1, 0.15) is 11.2 Å². The third-order valence-electron chi connectivity index (χ3n) is 3.54. The highest BCUT2D eigenvalue weighted by atomic mass is 16.4. The van der Waals surface area contributed by atoms with Gasteiger partial charge in [-0.25, -0.2) is 14.4 Å². The summed E-state index contributed by atoms with van der Waals surface area (Å²) in [6, 6.07) is 1.87. The van der Waals surface area contributed by atoms with Crippen molar-refractivity contribution in [3.05, 3.63) is 29.1 Å². The Morgan fingerprint density at radius 3 is 2.12 bits per heavy atom. The van der Waals surface area contributed by atoms with Crippen molar-refractivity contribution in [3.63, 3.8) is 0 Å². The van der Waals surface area contributed by atoms with Crippen LogP contribution in [0.1, 0.15) is 31.3 Å². The normalized spacial score (nSPS) is 11.0. The molecule has 10 heteroatoms. The van der Waals surface area contributed by atoms with Crippen molar-refractivity contribution in [1.82, 2.24) is 4.98 Å². The number of aromatic carboxylic acids is 3. The molecule has 122 valence electrons. The van der Waals surface area contributed by atoms with Crippen LogP contribution in [0, 0.1) is 0 Å². The monoisotopic (exact) mass is 333 g/mol. The van der Waals surface area contributed by atoms with Gasteiger partial charge in [-0.1, -0.05) is 0 Å². The van der Waals surface area contributed by atoms with Gasteiger partial charge < -0.3 is 30.5 Å². The van der Waals surface area contributed by atoms with Gasteiger partial charge in [0.05, 0.1) is 16.3 Å². The molecule has 0 saturated heterocycles. The molecule has 3 aromatic rings. The fourth-order valence-corrected chi connectivity index (χ4v) is 2.51. The number of benzene rings is 1. The van der Waals surface area contributed by atoms with Gasteiger partial charge in [-0.2, -0.15) is 4.98 Å². The molecule has 7 N–H and O–H groups in total. The van der Waals surface area contributed by atoms with E-state index in [1.807, 2.05) is 0 Å². The van der Waals surface area contributed by atoms with E-state index in [1.54, 1.807) is 0 Å². The minimum absolute atomic E-state index is 0.0664. The number of aromatic amines is 2. The van der Waals surface area contributed by atoms with Crippen LogP contribution in [0.15, 0.2) is 12.1 Å². The summed E-state index contributed by atoms with van der Waals surface area (Å²) in [5, 5.41) is 47.3. The van der Waals surface area contributed by atoms with Gasteiger partial charge >= 0.3 is 17.9 Å². The number of H-pyrrole nitrogens is 2. The van der Waals surface area contributed by atoms with Crippen molar-refractivity contribution >= 4 is 39.7 Å². The highest BCUT2D eigenvalue weighted by molar-refractivity contribution is 6.18. The number of rotatable bonds is 3. The number of carboxylic acids is 3. The summed E-state index contributed by atoms with van der Waals surface area (Å²) in [5.41, 5.74) is -1.77. The maximum Gasteiger partial charge on any atom is 0.401 e. The zero-order valence-electron chi connectivity index (χ0n) is 11.6. The molecular formula is C14H9N2O8+. The van der Waals surface area contributed by atoms with Crippen molar-refractivity contribution in [2.75, 3.05) is 0 Å². The smallest absolute Gasteiger partial charge is 0.401 e. The molecule has 2 heterocycles. The molecule has 3 rings (SSSR count). The predicted molar refractivity (Wildman–Crippen MR) is 76.6 cm³/mol. The molecule has 0 aliphatic rings. The fraction of sp³-hybridized carbons (Fsp3) is 0. The Morgan fingerprint density at radius 1 is 0.917 bits per heavy atom. The summed E-state index contributed by atoms with van der Waals surface area (Å²) in [5.74, 6) is -5.83. The molecule has 0 radical (unpaired) electrons. The Labute approximate surface area is 131 Å². The van der Waals surface area contributed by atoms with Crippen LogP contribution in [-0.4, -0.2) is 48.4 Å². The summed E-state index contributed by atoms with van der Waals surface area (Å²) >= 11 is 0. The first-order chi connectivity index (χ1) is 11.2. The van der Waals surface area contributed by atoms with Crippen molar-refractivity contribution in [2.24, 2.45) is 0 Å². The summed E-state index contributed by atoms with van der Waals surface area (Å²) in [4.78, 5) is 38.5. The van der Waals surface area contributed by atoms with Crippen LogP contribution in [-0.2, 0) is 0 Å². The Balaban J connectivity index is 2.62. The second-order valence-electron chi connectivity index (χ2n) is 4.93. The Hall–Kier alpha value is -3.82. The van der Waals surface area contributed by atoms with Gasteiger partial charge in [-0.3, -0.25) is 0 Å². The van der Waals surface area contributed by atoms with E-state index >= 15 is 0 Å². The molecule has 1 aromatic carbocycles. The molecule has 24 heavy (non-hydrogen) atoms. The first-order valence-electron chi connectivity index (χ1n) is 6.39. The van der Waals surface area contributed by atoms with Crippen molar-refractivity contribution in [1.29, 1.82) is 0 Å². The highest BCUT2D eigenvalue weighted by Crippen LogP contribution is 2.41. The fourth-order valence-electron chi connectivity index (χ4n) is 2.51. The van der Waals surface area contributed by atoms with Crippen LogP contribution in [0.3, 0.4) is 0 Å². The highest BCUT2D eigenvalue weighted by Gasteiger charge is 2.28. The average molecular weight is 333 g/mol. The standard InChI is InChI=1S/C14H8N2O8/c17-10-4-2-6(14(23)24)15-8(4)7-3(12(19)20)1-5(13(21)22)16-9(7)11(10)18/h1-2,16-18H,(H,19,20)(H,21,22)(H,23,24)/p+1.